The van der Waals surface area contributed by atoms with Gasteiger partial charge in [0.25, 0.3) is 0 Å². The molecule has 2 N–H and O–H groups in total. The molecule has 0 aliphatic carbocycles. The summed E-state index contributed by atoms with van der Waals surface area (Å²) >= 11 is 14.3. The fourth-order valence-electron chi connectivity index (χ4n) is 2.01. The predicted octanol–water partition coefficient (Wildman–Crippen LogP) is 4.52. The maximum absolute atomic E-state index is 6.04. The third-order valence-electron chi connectivity index (χ3n) is 2.75. The maximum atomic E-state index is 6.04. The molecule has 0 unspecified atom stereocenters. The van der Waals surface area contributed by atoms with Crippen LogP contribution in [0.15, 0.2) is 36.4 Å². The van der Waals surface area contributed by atoms with E-state index in [2.05, 4.69) is 27.6 Å². The smallest absolute Gasteiger partial charge is 0.205 e. The van der Waals surface area contributed by atoms with Crippen molar-refractivity contribution in [3.05, 3.63) is 50.0 Å². The van der Waals surface area contributed by atoms with Crippen molar-refractivity contribution in [3.8, 4) is 5.69 Å². The number of nitrogens with zero attached hydrogens (tertiary/aromatic N) is 2. The monoisotopic (exact) mass is 403 g/mol. The Labute approximate surface area is 133 Å². The molecule has 3 nitrogen and oxygen atoms in total. The summed E-state index contributed by atoms with van der Waals surface area (Å²) in [5.74, 6) is 0.412. The van der Waals surface area contributed by atoms with Crippen molar-refractivity contribution in [1.82, 2.24) is 9.55 Å². The van der Waals surface area contributed by atoms with Crippen LogP contribution in [0, 0.1) is 3.57 Å². The number of nitrogens with two attached hydrogens (primary N) is 1. The second-order valence-corrected chi connectivity index (χ2v) is 6.18. The SMILES string of the molecule is Nc1nc2cc(I)ccc2n1-c1cc(Cl)cc(Cl)c1. The normalized spacial score (nSPS) is 11.1. The molecule has 6 heteroatoms. The van der Waals surface area contributed by atoms with E-state index in [-0.39, 0.29) is 0 Å². The van der Waals surface area contributed by atoms with E-state index in [1.807, 2.05) is 34.9 Å². The molecule has 0 aliphatic rings. The Morgan fingerprint density at radius 2 is 1.74 bits per heavy atom. The molecule has 0 amide bonds. The van der Waals surface area contributed by atoms with E-state index < -0.39 is 0 Å². The van der Waals surface area contributed by atoms with Crippen LogP contribution in [0.4, 0.5) is 5.95 Å². The quantitative estimate of drug-likeness (QED) is 0.607. The Balaban J connectivity index is 2.32. The molecule has 0 aliphatic heterocycles. The van der Waals surface area contributed by atoms with Crippen LogP contribution >= 0.6 is 45.8 Å². The highest BCUT2D eigenvalue weighted by Gasteiger charge is 2.11. The Bertz CT molecular complexity index is 763. The summed E-state index contributed by atoms with van der Waals surface area (Å²) in [5.41, 5.74) is 8.58. The average Bonchev–Trinajstić information content (AvgIpc) is 2.62. The van der Waals surface area contributed by atoms with E-state index in [0.717, 1.165) is 20.3 Å². The molecule has 0 saturated heterocycles. The van der Waals surface area contributed by atoms with Crippen molar-refractivity contribution in [2.75, 3.05) is 5.73 Å². The van der Waals surface area contributed by atoms with Crippen LogP contribution in [0.3, 0.4) is 0 Å². The largest absolute Gasteiger partial charge is 0.369 e. The van der Waals surface area contributed by atoms with Gasteiger partial charge in [-0.1, -0.05) is 23.2 Å². The molecule has 1 heterocycles. The Morgan fingerprint density at radius 1 is 1.05 bits per heavy atom. The Morgan fingerprint density at radius 3 is 2.42 bits per heavy atom. The fraction of sp³-hybridized carbons (Fsp3) is 0. The van der Waals surface area contributed by atoms with E-state index in [9.17, 15) is 0 Å². The highest BCUT2D eigenvalue weighted by atomic mass is 127. The van der Waals surface area contributed by atoms with Crippen LogP contribution in [-0.2, 0) is 0 Å². The second-order valence-electron chi connectivity index (χ2n) is 4.07. The van der Waals surface area contributed by atoms with Gasteiger partial charge in [0.15, 0.2) is 0 Å². The van der Waals surface area contributed by atoms with Gasteiger partial charge in [-0.05, 0) is 59.0 Å². The van der Waals surface area contributed by atoms with Gasteiger partial charge in [-0.2, -0.15) is 0 Å². The lowest BCUT2D eigenvalue weighted by atomic mass is 10.3. The third-order valence-corrected chi connectivity index (χ3v) is 3.86. The van der Waals surface area contributed by atoms with Crippen molar-refractivity contribution in [2.45, 2.75) is 0 Å². The predicted molar refractivity (Wildman–Crippen MR) is 88.2 cm³/mol. The molecule has 19 heavy (non-hydrogen) atoms. The van der Waals surface area contributed by atoms with Gasteiger partial charge >= 0.3 is 0 Å². The lowest BCUT2D eigenvalue weighted by Crippen LogP contribution is -2.00. The summed E-state index contributed by atoms with van der Waals surface area (Å²) in [6.45, 7) is 0. The van der Waals surface area contributed by atoms with Crippen molar-refractivity contribution in [1.29, 1.82) is 0 Å². The average molecular weight is 404 g/mol. The standard InChI is InChI=1S/C13H8Cl2IN3/c14-7-3-8(15)5-10(4-7)19-12-2-1-9(16)6-11(12)18-13(19)17/h1-6H,(H2,17,18). The zero-order valence-corrected chi connectivity index (χ0v) is 13.2. The highest BCUT2D eigenvalue weighted by Crippen LogP contribution is 2.28. The molecule has 0 spiro atoms. The Kier molecular flexibility index (Phi) is 3.32. The number of fused-ring (bicyclic) bond motifs is 1. The lowest BCUT2D eigenvalue weighted by molar-refractivity contribution is 1.11. The first-order chi connectivity index (χ1) is 9.04. The van der Waals surface area contributed by atoms with E-state index in [1.165, 1.54) is 0 Å². The summed E-state index contributed by atoms with van der Waals surface area (Å²) in [5, 5.41) is 1.13. The molecule has 0 bridgehead atoms. The van der Waals surface area contributed by atoms with Gasteiger partial charge in [0, 0.05) is 13.6 Å². The van der Waals surface area contributed by atoms with Crippen LogP contribution in [0.25, 0.3) is 16.7 Å². The molecule has 0 atom stereocenters. The molecule has 0 saturated carbocycles. The zero-order chi connectivity index (χ0) is 13.6. The van der Waals surface area contributed by atoms with Gasteiger partial charge in [0.2, 0.25) is 5.95 Å². The number of aromatic nitrogens is 2. The number of rotatable bonds is 1. The number of benzene rings is 2. The third kappa shape index (κ3) is 2.40. The van der Waals surface area contributed by atoms with Gasteiger partial charge in [-0.15, -0.1) is 0 Å². The summed E-state index contributed by atoms with van der Waals surface area (Å²) < 4.78 is 2.95. The highest BCUT2D eigenvalue weighted by molar-refractivity contribution is 14.1. The molecule has 96 valence electrons. The van der Waals surface area contributed by atoms with Gasteiger partial charge in [-0.25, -0.2) is 4.98 Å². The molecule has 2 aromatic carbocycles. The lowest BCUT2D eigenvalue weighted by Gasteiger charge is -2.07. The molecule has 1 aromatic heterocycles. The minimum absolute atomic E-state index is 0.412. The van der Waals surface area contributed by atoms with E-state index in [4.69, 9.17) is 28.9 Å². The number of hydrogen-bond donors (Lipinski definition) is 1. The van der Waals surface area contributed by atoms with E-state index >= 15 is 0 Å². The first kappa shape index (κ1) is 13.0. The van der Waals surface area contributed by atoms with E-state index in [0.29, 0.717) is 16.0 Å². The summed E-state index contributed by atoms with van der Waals surface area (Å²) in [6.07, 6.45) is 0. The van der Waals surface area contributed by atoms with E-state index in [1.54, 1.807) is 6.07 Å². The number of hydrogen-bond acceptors (Lipinski definition) is 2. The Hall–Kier alpha value is -0.980. The first-order valence-corrected chi connectivity index (χ1v) is 7.28. The summed E-state index contributed by atoms with van der Waals surface area (Å²) in [6, 6.07) is 11.3. The van der Waals surface area contributed by atoms with Gasteiger partial charge < -0.3 is 5.73 Å². The number of nitrogen functional groups attached to an aromatic ring is 1. The number of anilines is 1. The summed E-state index contributed by atoms with van der Waals surface area (Å²) in [7, 11) is 0. The second kappa shape index (κ2) is 4.85. The number of imidazole rings is 1. The fourth-order valence-corrected chi connectivity index (χ4v) is 3.00. The van der Waals surface area contributed by atoms with Crippen LogP contribution in [0.5, 0.6) is 0 Å². The van der Waals surface area contributed by atoms with Crippen LogP contribution in [-0.4, -0.2) is 9.55 Å². The minimum Gasteiger partial charge on any atom is -0.369 e. The van der Waals surface area contributed by atoms with Crippen LogP contribution in [0.1, 0.15) is 0 Å². The molecule has 0 radical (unpaired) electrons. The zero-order valence-electron chi connectivity index (χ0n) is 9.57. The minimum atomic E-state index is 0.412. The maximum Gasteiger partial charge on any atom is 0.205 e. The van der Waals surface area contributed by atoms with Crippen molar-refractivity contribution in [3.63, 3.8) is 0 Å². The van der Waals surface area contributed by atoms with Crippen molar-refractivity contribution >= 4 is 62.8 Å². The van der Waals surface area contributed by atoms with Crippen molar-refractivity contribution in [2.24, 2.45) is 0 Å². The van der Waals surface area contributed by atoms with Gasteiger partial charge in [0.1, 0.15) is 0 Å². The van der Waals surface area contributed by atoms with Gasteiger partial charge in [0.05, 0.1) is 16.7 Å². The summed E-state index contributed by atoms with van der Waals surface area (Å²) in [4.78, 5) is 4.36. The topological polar surface area (TPSA) is 43.8 Å². The molecular formula is C13H8Cl2IN3. The molecular weight excluding hydrogens is 396 g/mol. The van der Waals surface area contributed by atoms with Crippen LogP contribution in [0.2, 0.25) is 10.0 Å². The molecule has 3 rings (SSSR count). The molecule has 0 fully saturated rings. The van der Waals surface area contributed by atoms with Crippen molar-refractivity contribution < 1.29 is 0 Å². The van der Waals surface area contributed by atoms with Gasteiger partial charge in [-0.3, -0.25) is 4.57 Å². The molecule has 3 aromatic rings. The number of halogens is 3. The van der Waals surface area contributed by atoms with Crippen LogP contribution < -0.4 is 5.73 Å². The first-order valence-electron chi connectivity index (χ1n) is 5.44.